The highest BCUT2D eigenvalue weighted by Gasteiger charge is 2.23. The van der Waals surface area contributed by atoms with Crippen LogP contribution in [-0.4, -0.2) is 23.9 Å². The summed E-state index contributed by atoms with van der Waals surface area (Å²) < 4.78 is 17.7. The van der Waals surface area contributed by atoms with Crippen LogP contribution in [0.1, 0.15) is 0 Å². The second-order valence-electron chi connectivity index (χ2n) is 7.41. The molecular weight excluding hydrogens is 454 g/mol. The van der Waals surface area contributed by atoms with Crippen LogP contribution in [0.3, 0.4) is 0 Å². The first-order valence-electron chi connectivity index (χ1n) is 10.3. The number of pyridine rings is 1. The van der Waals surface area contributed by atoms with Crippen molar-refractivity contribution in [3.05, 3.63) is 93.6 Å². The van der Waals surface area contributed by atoms with Crippen molar-refractivity contribution < 1.29 is 19.0 Å². The van der Waals surface area contributed by atoms with E-state index in [1.807, 2.05) is 18.2 Å². The number of hydrogen-bond donors (Lipinski definition) is 1. The Labute approximate surface area is 197 Å². The minimum Gasteiger partial charge on any atom is -0.505 e. The van der Waals surface area contributed by atoms with Gasteiger partial charge in [0.25, 0.3) is 5.56 Å². The van der Waals surface area contributed by atoms with Gasteiger partial charge in [0.15, 0.2) is 11.3 Å². The molecule has 0 unspecified atom stereocenters. The number of hydrogen-bond acceptors (Lipinski definition) is 7. The minimum absolute atomic E-state index is 0.0207. The molecule has 1 N–H and O–H groups in total. The van der Waals surface area contributed by atoms with Crippen LogP contribution in [-0.2, 0) is 0 Å². The van der Waals surface area contributed by atoms with Crippen LogP contribution in [0.15, 0.2) is 96.6 Å². The largest absolute Gasteiger partial charge is 0.505 e. The molecule has 34 heavy (non-hydrogen) atoms. The second-order valence-corrected chi connectivity index (χ2v) is 8.50. The molecule has 0 bridgehead atoms. The molecule has 2 heterocycles. The summed E-state index contributed by atoms with van der Waals surface area (Å²) in [6.07, 6.45) is 0. The van der Waals surface area contributed by atoms with Gasteiger partial charge in [-0.1, -0.05) is 36.0 Å². The Hall–Kier alpha value is -4.17. The van der Waals surface area contributed by atoms with Crippen LogP contribution in [0.2, 0.25) is 0 Å². The maximum atomic E-state index is 13.8. The van der Waals surface area contributed by atoms with Crippen LogP contribution in [0, 0.1) is 0 Å². The molecule has 5 rings (SSSR count). The van der Waals surface area contributed by atoms with Crippen molar-refractivity contribution in [1.82, 2.24) is 4.57 Å². The first kappa shape index (κ1) is 21.7. The number of nitrogens with zero attached hydrogens (tertiary/aromatic N) is 1. The Morgan fingerprint density at radius 1 is 0.882 bits per heavy atom. The van der Waals surface area contributed by atoms with E-state index >= 15 is 0 Å². The highest BCUT2D eigenvalue weighted by atomic mass is 32.2. The number of rotatable bonds is 5. The van der Waals surface area contributed by atoms with Crippen molar-refractivity contribution >= 4 is 33.6 Å². The van der Waals surface area contributed by atoms with Crippen LogP contribution in [0.4, 0.5) is 0 Å². The number of para-hydroxylation sites is 1. The van der Waals surface area contributed by atoms with Gasteiger partial charge in [0.1, 0.15) is 21.8 Å². The van der Waals surface area contributed by atoms with E-state index in [9.17, 15) is 14.7 Å². The fourth-order valence-electron chi connectivity index (χ4n) is 3.84. The summed E-state index contributed by atoms with van der Waals surface area (Å²) in [6.45, 7) is 0. The molecule has 8 heteroatoms. The van der Waals surface area contributed by atoms with Crippen molar-refractivity contribution in [1.29, 1.82) is 0 Å². The Kier molecular flexibility index (Phi) is 5.51. The van der Waals surface area contributed by atoms with E-state index in [-0.39, 0.29) is 15.9 Å². The number of aromatic hydroxyl groups is 1. The lowest BCUT2D eigenvalue weighted by molar-refractivity contribution is 0.413. The summed E-state index contributed by atoms with van der Waals surface area (Å²) in [5.41, 5.74) is -0.158. The van der Waals surface area contributed by atoms with Gasteiger partial charge in [0.2, 0.25) is 0 Å². The first-order chi connectivity index (χ1) is 16.5. The van der Waals surface area contributed by atoms with Crippen LogP contribution < -0.4 is 20.7 Å². The molecule has 170 valence electrons. The zero-order valence-electron chi connectivity index (χ0n) is 18.3. The summed E-state index contributed by atoms with van der Waals surface area (Å²) in [5, 5.41) is 11.6. The van der Waals surface area contributed by atoms with Gasteiger partial charge in [-0.15, -0.1) is 0 Å². The quantitative estimate of drug-likeness (QED) is 0.360. The lowest BCUT2D eigenvalue weighted by Gasteiger charge is -2.15. The zero-order chi connectivity index (χ0) is 23.8. The maximum absolute atomic E-state index is 13.8. The molecule has 7 nitrogen and oxygen atoms in total. The summed E-state index contributed by atoms with van der Waals surface area (Å²) in [6, 6.07) is 21.2. The molecule has 0 spiro atoms. The average molecular weight is 474 g/mol. The Morgan fingerprint density at radius 2 is 1.62 bits per heavy atom. The summed E-state index contributed by atoms with van der Waals surface area (Å²) in [4.78, 5) is 27.3. The van der Waals surface area contributed by atoms with Crippen molar-refractivity contribution in [2.24, 2.45) is 0 Å². The number of aromatic nitrogens is 1. The van der Waals surface area contributed by atoms with E-state index in [1.165, 1.54) is 18.8 Å². The lowest BCUT2D eigenvalue weighted by Crippen LogP contribution is -2.20. The third kappa shape index (κ3) is 3.58. The van der Waals surface area contributed by atoms with Crippen LogP contribution >= 0.6 is 11.8 Å². The average Bonchev–Trinajstić information content (AvgIpc) is 2.86. The van der Waals surface area contributed by atoms with Gasteiger partial charge in [-0.05, 0) is 42.5 Å². The van der Waals surface area contributed by atoms with Crippen molar-refractivity contribution in [3.8, 4) is 22.9 Å². The topological polar surface area (TPSA) is 90.9 Å². The molecule has 0 saturated carbocycles. The molecule has 0 aliphatic rings. The molecule has 0 aliphatic carbocycles. The van der Waals surface area contributed by atoms with Gasteiger partial charge in [-0.2, -0.15) is 0 Å². The van der Waals surface area contributed by atoms with Gasteiger partial charge < -0.3 is 19.0 Å². The van der Waals surface area contributed by atoms with Crippen molar-refractivity contribution in [3.63, 3.8) is 0 Å². The fraction of sp³-hybridized carbons (Fsp3) is 0.0769. The molecule has 0 saturated heterocycles. The molecule has 0 aliphatic heterocycles. The highest BCUT2D eigenvalue weighted by molar-refractivity contribution is 7.99. The van der Waals surface area contributed by atoms with E-state index in [0.29, 0.717) is 33.0 Å². The SMILES string of the molecule is COc1cccc(Sc2c(O)c3c(=O)n(-c4ccccc4)c4cc(OC)ccc4c3oc2=O)c1. The second kappa shape index (κ2) is 8.64. The van der Waals surface area contributed by atoms with Crippen molar-refractivity contribution in [2.45, 2.75) is 9.79 Å². The molecule has 0 fully saturated rings. The monoisotopic (exact) mass is 473 g/mol. The normalized spacial score (nSPS) is 11.1. The minimum atomic E-state index is -0.744. The highest BCUT2D eigenvalue weighted by Crippen LogP contribution is 2.38. The fourth-order valence-corrected chi connectivity index (χ4v) is 4.72. The van der Waals surface area contributed by atoms with Crippen LogP contribution in [0.25, 0.3) is 27.6 Å². The zero-order valence-corrected chi connectivity index (χ0v) is 19.1. The molecule has 0 radical (unpaired) electrons. The number of benzene rings is 3. The number of ether oxygens (including phenoxy) is 2. The Morgan fingerprint density at radius 3 is 2.35 bits per heavy atom. The Balaban J connectivity index is 1.85. The van der Waals surface area contributed by atoms with Gasteiger partial charge in [-0.25, -0.2) is 4.79 Å². The van der Waals surface area contributed by atoms with Gasteiger partial charge >= 0.3 is 5.63 Å². The maximum Gasteiger partial charge on any atom is 0.354 e. The molecular formula is C26H19NO6S. The van der Waals surface area contributed by atoms with Gasteiger partial charge in [0.05, 0.1) is 19.7 Å². The molecule has 0 atom stereocenters. The predicted octanol–water partition coefficient (Wildman–Crippen LogP) is 4.97. The number of fused-ring (bicyclic) bond motifs is 3. The predicted molar refractivity (Wildman–Crippen MR) is 131 cm³/mol. The van der Waals surface area contributed by atoms with Gasteiger partial charge in [-0.3, -0.25) is 9.36 Å². The molecule has 2 aromatic heterocycles. The smallest absolute Gasteiger partial charge is 0.354 e. The van der Waals surface area contributed by atoms with Crippen molar-refractivity contribution in [2.75, 3.05) is 14.2 Å². The third-order valence-electron chi connectivity index (χ3n) is 5.44. The van der Waals surface area contributed by atoms with E-state index in [4.69, 9.17) is 13.9 Å². The molecule has 0 amide bonds. The number of methoxy groups -OCH3 is 2. The van der Waals surface area contributed by atoms with E-state index < -0.39 is 16.9 Å². The third-order valence-corrected chi connectivity index (χ3v) is 6.50. The molecule has 3 aromatic carbocycles. The van der Waals surface area contributed by atoms with Crippen LogP contribution in [0.5, 0.6) is 17.2 Å². The summed E-state index contributed by atoms with van der Waals surface area (Å²) >= 11 is 1.00. The van der Waals surface area contributed by atoms with E-state index in [0.717, 1.165) is 11.8 Å². The molecule has 5 aromatic rings. The van der Waals surface area contributed by atoms with E-state index in [1.54, 1.807) is 54.6 Å². The lowest BCUT2D eigenvalue weighted by atomic mass is 10.1. The van der Waals surface area contributed by atoms with E-state index in [2.05, 4.69) is 0 Å². The summed E-state index contributed by atoms with van der Waals surface area (Å²) in [5.74, 6) is 0.709. The van der Waals surface area contributed by atoms with Gasteiger partial charge in [0, 0.05) is 22.0 Å². The first-order valence-corrected chi connectivity index (χ1v) is 11.1. The standard InChI is InChI=1S/C26H19NO6S/c1-31-16-9-6-10-18(13-16)34-24-22(28)21-23(33-26(24)30)19-12-11-17(32-2)14-20(19)27(25(21)29)15-7-4-3-5-8-15/h3-14,28H,1-2H3. The summed E-state index contributed by atoms with van der Waals surface area (Å²) in [7, 11) is 3.07. The Bertz CT molecular complexity index is 1660.